The number of aromatic nitrogens is 1. The van der Waals surface area contributed by atoms with Crippen molar-refractivity contribution in [1.29, 1.82) is 0 Å². The molecular formula is C16H17ClN2O2S. The summed E-state index contributed by atoms with van der Waals surface area (Å²) in [5, 5.41) is 9.52. The first kappa shape index (κ1) is 15.5. The van der Waals surface area contributed by atoms with E-state index >= 15 is 0 Å². The molecular weight excluding hydrogens is 320 g/mol. The third-order valence-corrected chi connectivity index (χ3v) is 5.42. The van der Waals surface area contributed by atoms with Gasteiger partial charge in [-0.2, -0.15) is 0 Å². The molecule has 1 saturated heterocycles. The first-order valence-corrected chi connectivity index (χ1v) is 8.41. The van der Waals surface area contributed by atoms with Gasteiger partial charge < -0.3 is 5.11 Å². The summed E-state index contributed by atoms with van der Waals surface area (Å²) in [7, 11) is 0. The Morgan fingerprint density at radius 2 is 2.32 bits per heavy atom. The van der Waals surface area contributed by atoms with Crippen LogP contribution in [0.3, 0.4) is 0 Å². The number of thiophene rings is 1. The summed E-state index contributed by atoms with van der Waals surface area (Å²) in [5.74, 6) is -0.753. The van der Waals surface area contributed by atoms with E-state index < -0.39 is 12.0 Å². The van der Waals surface area contributed by atoms with Crippen molar-refractivity contribution in [3.63, 3.8) is 0 Å². The van der Waals surface area contributed by atoms with E-state index in [2.05, 4.69) is 9.88 Å². The number of pyridine rings is 1. The molecule has 0 bridgehead atoms. The monoisotopic (exact) mass is 336 g/mol. The van der Waals surface area contributed by atoms with Crippen LogP contribution in [0.25, 0.3) is 0 Å². The van der Waals surface area contributed by atoms with Gasteiger partial charge in [-0.3, -0.25) is 14.7 Å². The molecule has 22 heavy (non-hydrogen) atoms. The van der Waals surface area contributed by atoms with Gasteiger partial charge in [0.1, 0.15) is 6.04 Å². The van der Waals surface area contributed by atoms with Gasteiger partial charge in [-0.15, -0.1) is 11.3 Å². The second-order valence-electron chi connectivity index (χ2n) is 5.51. The van der Waals surface area contributed by atoms with Crippen LogP contribution in [0.15, 0.2) is 30.6 Å². The number of nitrogens with zero attached hydrogens (tertiary/aromatic N) is 2. The van der Waals surface area contributed by atoms with Gasteiger partial charge in [0.2, 0.25) is 0 Å². The lowest BCUT2D eigenvalue weighted by atomic mass is 9.99. The average Bonchev–Trinajstić information content (AvgIpc) is 3.11. The predicted octanol–water partition coefficient (Wildman–Crippen LogP) is 3.74. The molecule has 0 aromatic carbocycles. The normalized spacial score (nSPS) is 20.2. The van der Waals surface area contributed by atoms with E-state index in [1.165, 1.54) is 11.3 Å². The van der Waals surface area contributed by atoms with Crippen LogP contribution in [0.4, 0.5) is 0 Å². The van der Waals surface area contributed by atoms with Crippen LogP contribution in [0, 0.1) is 6.92 Å². The Bertz CT molecular complexity index is 688. The zero-order valence-corrected chi connectivity index (χ0v) is 13.8. The zero-order chi connectivity index (χ0) is 15.7. The van der Waals surface area contributed by atoms with Gasteiger partial charge in [-0.05, 0) is 49.1 Å². The number of carbonyl (C=O) groups is 1. The number of rotatable bonds is 4. The molecule has 0 aliphatic carbocycles. The molecule has 3 rings (SSSR count). The lowest BCUT2D eigenvalue weighted by molar-refractivity contribution is -0.142. The molecule has 2 aromatic rings. The highest BCUT2D eigenvalue weighted by Gasteiger charge is 2.37. The molecule has 1 aliphatic rings. The lowest BCUT2D eigenvalue weighted by Gasteiger charge is -2.31. The molecule has 1 N–H and O–H groups in total. The number of halogens is 1. The highest BCUT2D eigenvalue weighted by molar-refractivity contribution is 7.16. The third-order valence-electron chi connectivity index (χ3n) is 4.13. The number of aryl methyl sites for hydroxylation is 1. The molecule has 0 saturated carbocycles. The fourth-order valence-electron chi connectivity index (χ4n) is 3.12. The van der Waals surface area contributed by atoms with Crippen LogP contribution in [0.5, 0.6) is 0 Å². The predicted molar refractivity (Wildman–Crippen MR) is 87.5 cm³/mol. The standard InChI is InChI=1S/C16H17ClN2O2S/c1-10-9-18-7-6-11(10)15(13-4-5-14(17)22-13)19-8-2-3-12(19)16(20)21/h4-7,9,12,15H,2-3,8H2,1H3,(H,20,21). The highest BCUT2D eigenvalue weighted by Crippen LogP contribution is 2.39. The van der Waals surface area contributed by atoms with Gasteiger partial charge in [-0.25, -0.2) is 0 Å². The van der Waals surface area contributed by atoms with Crippen molar-refractivity contribution < 1.29 is 9.90 Å². The van der Waals surface area contributed by atoms with Crippen LogP contribution in [0.2, 0.25) is 4.34 Å². The molecule has 6 heteroatoms. The molecule has 3 heterocycles. The van der Waals surface area contributed by atoms with E-state index in [9.17, 15) is 9.90 Å². The maximum Gasteiger partial charge on any atom is 0.320 e. The summed E-state index contributed by atoms with van der Waals surface area (Å²) in [4.78, 5) is 18.9. The van der Waals surface area contributed by atoms with Crippen LogP contribution in [-0.4, -0.2) is 33.5 Å². The Hall–Kier alpha value is -1.43. The van der Waals surface area contributed by atoms with Gasteiger partial charge in [0, 0.05) is 23.8 Å². The van der Waals surface area contributed by atoms with Gasteiger partial charge in [0.15, 0.2) is 0 Å². The second kappa shape index (κ2) is 6.36. The first-order valence-electron chi connectivity index (χ1n) is 7.22. The van der Waals surface area contributed by atoms with Crippen LogP contribution >= 0.6 is 22.9 Å². The number of aliphatic carboxylic acids is 1. The van der Waals surface area contributed by atoms with Crippen molar-refractivity contribution in [3.8, 4) is 0 Å². The number of carboxylic acid groups (broad SMARTS) is 1. The van der Waals surface area contributed by atoms with E-state index in [1.54, 1.807) is 6.20 Å². The fourth-order valence-corrected chi connectivity index (χ4v) is 4.33. The summed E-state index contributed by atoms with van der Waals surface area (Å²) in [6.07, 6.45) is 5.17. The minimum Gasteiger partial charge on any atom is -0.480 e. The van der Waals surface area contributed by atoms with Crippen LogP contribution in [-0.2, 0) is 4.79 Å². The Morgan fingerprint density at radius 3 is 2.95 bits per heavy atom. The number of hydrogen-bond donors (Lipinski definition) is 1. The van der Waals surface area contributed by atoms with Crippen molar-refractivity contribution in [2.24, 2.45) is 0 Å². The van der Waals surface area contributed by atoms with Crippen molar-refractivity contribution >= 4 is 28.9 Å². The van der Waals surface area contributed by atoms with Gasteiger partial charge in [-0.1, -0.05) is 11.6 Å². The molecule has 0 radical (unpaired) electrons. The summed E-state index contributed by atoms with van der Waals surface area (Å²) in [6.45, 7) is 2.79. The first-order chi connectivity index (χ1) is 10.6. The molecule has 116 valence electrons. The van der Waals surface area contributed by atoms with E-state index in [1.807, 2.05) is 31.3 Å². The second-order valence-corrected chi connectivity index (χ2v) is 7.26. The molecule has 2 atom stereocenters. The molecule has 4 nitrogen and oxygen atoms in total. The summed E-state index contributed by atoms with van der Waals surface area (Å²) < 4.78 is 0.720. The molecule has 1 aliphatic heterocycles. The van der Waals surface area contributed by atoms with Gasteiger partial charge >= 0.3 is 5.97 Å². The zero-order valence-electron chi connectivity index (χ0n) is 12.2. The molecule has 1 fully saturated rings. The van der Waals surface area contributed by atoms with E-state index in [0.29, 0.717) is 6.42 Å². The number of likely N-dealkylation sites (tertiary alicyclic amines) is 1. The highest BCUT2D eigenvalue weighted by atomic mass is 35.5. The van der Waals surface area contributed by atoms with Crippen LogP contribution < -0.4 is 0 Å². The smallest absolute Gasteiger partial charge is 0.320 e. The number of hydrogen-bond acceptors (Lipinski definition) is 4. The van der Waals surface area contributed by atoms with Crippen molar-refractivity contribution in [1.82, 2.24) is 9.88 Å². The Balaban J connectivity index is 2.07. The topological polar surface area (TPSA) is 53.4 Å². The maximum atomic E-state index is 11.6. The van der Waals surface area contributed by atoms with Crippen molar-refractivity contribution in [3.05, 3.63) is 50.9 Å². The van der Waals surface area contributed by atoms with Gasteiger partial charge in [0.25, 0.3) is 0 Å². The Kier molecular flexibility index (Phi) is 4.47. The molecule has 0 amide bonds. The molecule has 0 spiro atoms. The molecule has 2 aromatic heterocycles. The fraction of sp³-hybridized carbons (Fsp3) is 0.375. The SMILES string of the molecule is Cc1cnccc1C(c1ccc(Cl)s1)N1CCCC1C(=O)O. The molecule has 2 unspecified atom stereocenters. The van der Waals surface area contributed by atoms with E-state index in [-0.39, 0.29) is 6.04 Å². The summed E-state index contributed by atoms with van der Waals surface area (Å²) in [5.41, 5.74) is 2.16. The quantitative estimate of drug-likeness (QED) is 0.924. The van der Waals surface area contributed by atoms with Crippen LogP contribution in [0.1, 0.15) is 34.9 Å². The van der Waals surface area contributed by atoms with E-state index in [0.717, 1.165) is 33.3 Å². The van der Waals surface area contributed by atoms with Crippen molar-refractivity contribution in [2.75, 3.05) is 6.54 Å². The third kappa shape index (κ3) is 2.89. The summed E-state index contributed by atoms with van der Waals surface area (Å²) >= 11 is 7.62. The lowest BCUT2D eigenvalue weighted by Crippen LogP contribution is -2.39. The minimum atomic E-state index is -0.753. The largest absolute Gasteiger partial charge is 0.480 e. The van der Waals surface area contributed by atoms with Crippen molar-refractivity contribution in [2.45, 2.75) is 31.8 Å². The van der Waals surface area contributed by atoms with Gasteiger partial charge in [0.05, 0.1) is 10.4 Å². The van der Waals surface area contributed by atoms with E-state index in [4.69, 9.17) is 11.6 Å². The Labute approximate surface area is 138 Å². The average molecular weight is 337 g/mol. The minimum absolute atomic E-state index is 0.0795. The Morgan fingerprint density at radius 1 is 1.50 bits per heavy atom. The summed E-state index contributed by atoms with van der Waals surface area (Å²) in [6, 6.07) is 5.32. The number of carboxylic acids is 1. The maximum absolute atomic E-state index is 11.6.